The standard InChI is InChI=1S/C16H25N3/c17-12-14-11-13-7-6-8-15(13)18-16(14)19-9-4-2-1-3-5-10-19/h11H,1-10,12,17H2. The van der Waals surface area contributed by atoms with E-state index in [1.165, 1.54) is 67.6 Å². The van der Waals surface area contributed by atoms with E-state index in [2.05, 4.69) is 11.0 Å². The summed E-state index contributed by atoms with van der Waals surface area (Å²) in [4.78, 5) is 7.45. The second-order valence-corrected chi connectivity index (χ2v) is 5.89. The summed E-state index contributed by atoms with van der Waals surface area (Å²) in [6.45, 7) is 2.92. The van der Waals surface area contributed by atoms with Crippen molar-refractivity contribution in [1.82, 2.24) is 4.98 Å². The first-order chi connectivity index (χ1) is 9.38. The van der Waals surface area contributed by atoms with Gasteiger partial charge >= 0.3 is 0 Å². The third kappa shape index (κ3) is 2.76. The molecule has 1 aromatic rings. The van der Waals surface area contributed by atoms with E-state index in [-0.39, 0.29) is 0 Å². The fourth-order valence-corrected chi connectivity index (χ4v) is 3.39. The van der Waals surface area contributed by atoms with Crippen molar-refractivity contribution in [1.29, 1.82) is 0 Å². The van der Waals surface area contributed by atoms with E-state index in [0.717, 1.165) is 19.5 Å². The van der Waals surface area contributed by atoms with Gasteiger partial charge in [0.05, 0.1) is 0 Å². The van der Waals surface area contributed by atoms with E-state index >= 15 is 0 Å². The van der Waals surface area contributed by atoms with Crippen molar-refractivity contribution >= 4 is 5.82 Å². The highest BCUT2D eigenvalue weighted by Gasteiger charge is 2.19. The average Bonchev–Trinajstić information content (AvgIpc) is 2.84. The fourth-order valence-electron chi connectivity index (χ4n) is 3.39. The number of fused-ring (bicyclic) bond motifs is 1. The summed E-state index contributed by atoms with van der Waals surface area (Å²) >= 11 is 0. The van der Waals surface area contributed by atoms with E-state index in [9.17, 15) is 0 Å². The molecule has 1 aromatic heterocycles. The van der Waals surface area contributed by atoms with E-state index < -0.39 is 0 Å². The topological polar surface area (TPSA) is 42.1 Å². The molecule has 1 aliphatic heterocycles. The van der Waals surface area contributed by atoms with Crippen molar-refractivity contribution in [3.05, 3.63) is 22.9 Å². The average molecular weight is 259 g/mol. The van der Waals surface area contributed by atoms with Crippen LogP contribution in [0.25, 0.3) is 0 Å². The quantitative estimate of drug-likeness (QED) is 0.888. The van der Waals surface area contributed by atoms with Gasteiger partial charge in [-0.05, 0) is 43.7 Å². The van der Waals surface area contributed by atoms with Crippen LogP contribution in [0.1, 0.15) is 55.3 Å². The van der Waals surface area contributed by atoms with Crippen LogP contribution in [0.5, 0.6) is 0 Å². The first kappa shape index (κ1) is 12.9. The van der Waals surface area contributed by atoms with Crippen LogP contribution in [-0.2, 0) is 19.4 Å². The second-order valence-electron chi connectivity index (χ2n) is 5.89. The van der Waals surface area contributed by atoms with Gasteiger partial charge in [0, 0.05) is 30.9 Å². The molecule has 1 saturated heterocycles. The molecule has 0 amide bonds. The molecule has 2 aliphatic rings. The third-order valence-electron chi connectivity index (χ3n) is 4.48. The van der Waals surface area contributed by atoms with Crippen molar-refractivity contribution in [2.24, 2.45) is 5.73 Å². The van der Waals surface area contributed by atoms with Crippen molar-refractivity contribution in [3.63, 3.8) is 0 Å². The summed E-state index contributed by atoms with van der Waals surface area (Å²) in [6.07, 6.45) is 10.3. The number of aromatic nitrogens is 1. The fraction of sp³-hybridized carbons (Fsp3) is 0.688. The minimum atomic E-state index is 0.617. The smallest absolute Gasteiger partial charge is 0.133 e. The van der Waals surface area contributed by atoms with Crippen molar-refractivity contribution in [2.45, 2.75) is 57.9 Å². The Kier molecular flexibility index (Phi) is 4.02. The summed E-state index contributed by atoms with van der Waals surface area (Å²) < 4.78 is 0. The number of anilines is 1. The molecule has 0 spiro atoms. The van der Waals surface area contributed by atoms with Gasteiger partial charge in [0.25, 0.3) is 0 Å². The number of nitrogens with zero attached hydrogens (tertiary/aromatic N) is 2. The highest BCUT2D eigenvalue weighted by atomic mass is 15.2. The highest BCUT2D eigenvalue weighted by molar-refractivity contribution is 5.51. The van der Waals surface area contributed by atoms with Gasteiger partial charge in [0.15, 0.2) is 0 Å². The third-order valence-corrected chi connectivity index (χ3v) is 4.48. The Morgan fingerprint density at radius 2 is 1.74 bits per heavy atom. The molecular weight excluding hydrogens is 234 g/mol. The number of hydrogen-bond donors (Lipinski definition) is 1. The van der Waals surface area contributed by atoms with Gasteiger partial charge < -0.3 is 10.6 Å². The van der Waals surface area contributed by atoms with E-state index in [1.54, 1.807) is 0 Å². The maximum Gasteiger partial charge on any atom is 0.133 e. The molecule has 0 atom stereocenters. The lowest BCUT2D eigenvalue weighted by atomic mass is 10.1. The summed E-state index contributed by atoms with van der Waals surface area (Å²) in [5.74, 6) is 1.19. The predicted molar refractivity (Wildman–Crippen MR) is 79.5 cm³/mol. The van der Waals surface area contributed by atoms with Crippen LogP contribution in [0.3, 0.4) is 0 Å². The molecule has 0 saturated carbocycles. The molecule has 1 aliphatic carbocycles. The summed E-state index contributed by atoms with van der Waals surface area (Å²) in [5, 5.41) is 0. The van der Waals surface area contributed by atoms with Crippen molar-refractivity contribution in [3.8, 4) is 0 Å². The van der Waals surface area contributed by atoms with Gasteiger partial charge in [-0.1, -0.05) is 19.3 Å². The first-order valence-corrected chi connectivity index (χ1v) is 7.85. The molecule has 0 aromatic carbocycles. The number of rotatable bonds is 2. The van der Waals surface area contributed by atoms with Crippen molar-refractivity contribution in [2.75, 3.05) is 18.0 Å². The molecule has 3 nitrogen and oxygen atoms in total. The minimum Gasteiger partial charge on any atom is -0.356 e. The zero-order valence-corrected chi connectivity index (χ0v) is 11.8. The zero-order chi connectivity index (χ0) is 13.1. The monoisotopic (exact) mass is 259 g/mol. The maximum atomic E-state index is 5.95. The van der Waals surface area contributed by atoms with Gasteiger partial charge in [0.2, 0.25) is 0 Å². The Hall–Kier alpha value is -1.09. The Labute approximate surface area is 116 Å². The SMILES string of the molecule is NCc1cc2c(nc1N1CCCCCCC1)CCC2. The van der Waals surface area contributed by atoms with Crippen LogP contribution < -0.4 is 10.6 Å². The van der Waals surface area contributed by atoms with Crippen molar-refractivity contribution < 1.29 is 0 Å². The van der Waals surface area contributed by atoms with Crippen LogP contribution >= 0.6 is 0 Å². The van der Waals surface area contributed by atoms with E-state index in [1.807, 2.05) is 0 Å². The van der Waals surface area contributed by atoms with E-state index in [0.29, 0.717) is 6.54 Å². The van der Waals surface area contributed by atoms with Crippen LogP contribution in [0, 0.1) is 0 Å². The lowest BCUT2D eigenvalue weighted by Crippen LogP contribution is -2.29. The normalized spacial score (nSPS) is 19.9. The number of pyridine rings is 1. The van der Waals surface area contributed by atoms with Gasteiger partial charge in [0.1, 0.15) is 5.82 Å². The molecule has 1 fully saturated rings. The van der Waals surface area contributed by atoms with Gasteiger partial charge in [-0.2, -0.15) is 0 Å². The van der Waals surface area contributed by atoms with Crippen LogP contribution in [0.15, 0.2) is 6.07 Å². The van der Waals surface area contributed by atoms with E-state index in [4.69, 9.17) is 10.7 Å². The summed E-state index contributed by atoms with van der Waals surface area (Å²) in [7, 11) is 0. The lowest BCUT2D eigenvalue weighted by Gasteiger charge is -2.28. The summed E-state index contributed by atoms with van der Waals surface area (Å²) in [6, 6.07) is 2.32. The molecule has 0 radical (unpaired) electrons. The van der Waals surface area contributed by atoms with Gasteiger partial charge in [-0.25, -0.2) is 4.98 Å². The van der Waals surface area contributed by atoms with Gasteiger partial charge in [-0.15, -0.1) is 0 Å². The Morgan fingerprint density at radius 1 is 1.00 bits per heavy atom. The Balaban J connectivity index is 1.89. The molecular formula is C16H25N3. The second kappa shape index (κ2) is 5.91. The lowest BCUT2D eigenvalue weighted by molar-refractivity contribution is 0.552. The number of aryl methyl sites for hydroxylation is 2. The molecule has 3 rings (SSSR count). The number of nitrogens with two attached hydrogens (primary N) is 1. The molecule has 0 unspecified atom stereocenters. The van der Waals surface area contributed by atoms with Crippen LogP contribution in [0.4, 0.5) is 5.82 Å². The largest absolute Gasteiger partial charge is 0.356 e. The highest BCUT2D eigenvalue weighted by Crippen LogP contribution is 2.28. The molecule has 0 bridgehead atoms. The first-order valence-electron chi connectivity index (χ1n) is 7.85. The Bertz CT molecular complexity index is 434. The molecule has 19 heavy (non-hydrogen) atoms. The molecule has 3 heteroatoms. The van der Waals surface area contributed by atoms with Crippen LogP contribution in [-0.4, -0.2) is 18.1 Å². The summed E-state index contributed by atoms with van der Waals surface area (Å²) in [5.41, 5.74) is 9.97. The Morgan fingerprint density at radius 3 is 2.47 bits per heavy atom. The van der Waals surface area contributed by atoms with Gasteiger partial charge in [-0.3, -0.25) is 0 Å². The molecule has 104 valence electrons. The predicted octanol–water partition coefficient (Wildman–Crippen LogP) is 2.80. The zero-order valence-electron chi connectivity index (χ0n) is 11.8. The number of hydrogen-bond acceptors (Lipinski definition) is 3. The maximum absolute atomic E-state index is 5.95. The van der Waals surface area contributed by atoms with Crippen LogP contribution in [0.2, 0.25) is 0 Å². The minimum absolute atomic E-state index is 0.617. The molecule has 2 N–H and O–H groups in total. The molecule has 2 heterocycles.